The molecule has 1 saturated heterocycles. The summed E-state index contributed by atoms with van der Waals surface area (Å²) in [4.78, 5) is 6.69. The highest BCUT2D eigenvalue weighted by Gasteiger charge is 2.19. The van der Waals surface area contributed by atoms with E-state index in [1.165, 1.54) is 12.1 Å². The van der Waals surface area contributed by atoms with E-state index in [0.29, 0.717) is 28.9 Å². The molecule has 0 spiro atoms. The number of nitrogens with one attached hydrogen (secondary N) is 1. The van der Waals surface area contributed by atoms with Crippen molar-refractivity contribution in [2.45, 2.75) is 25.8 Å². The summed E-state index contributed by atoms with van der Waals surface area (Å²) in [5, 5.41) is 21.4. The third-order valence-corrected chi connectivity index (χ3v) is 4.03. The fourth-order valence-electron chi connectivity index (χ4n) is 2.89. The molecule has 0 amide bonds. The SMILES string of the molecule is Cc1nc(N[C@@H]2CCCN(C)C2)nnc1-c1ccc(F)cc1O. The highest BCUT2D eigenvalue weighted by atomic mass is 19.1. The van der Waals surface area contributed by atoms with Crippen LogP contribution in [0.5, 0.6) is 5.75 Å². The molecule has 0 unspecified atom stereocenters. The lowest BCUT2D eigenvalue weighted by atomic mass is 10.1. The quantitative estimate of drug-likeness (QED) is 0.904. The number of benzene rings is 1. The average molecular weight is 317 g/mol. The van der Waals surface area contributed by atoms with Crippen molar-refractivity contribution in [1.29, 1.82) is 0 Å². The molecule has 3 rings (SSSR count). The molecule has 1 atom stereocenters. The van der Waals surface area contributed by atoms with Crippen molar-refractivity contribution < 1.29 is 9.50 Å². The molecule has 1 aliphatic heterocycles. The van der Waals surface area contributed by atoms with Crippen molar-refractivity contribution in [3.05, 3.63) is 29.7 Å². The first kappa shape index (κ1) is 15.6. The second-order valence-corrected chi connectivity index (χ2v) is 5.98. The number of hydrogen-bond acceptors (Lipinski definition) is 6. The molecular formula is C16H20FN5O. The highest BCUT2D eigenvalue weighted by Crippen LogP contribution is 2.29. The van der Waals surface area contributed by atoms with E-state index >= 15 is 0 Å². The number of phenols is 1. The van der Waals surface area contributed by atoms with E-state index in [0.717, 1.165) is 32.0 Å². The van der Waals surface area contributed by atoms with Crippen LogP contribution >= 0.6 is 0 Å². The molecule has 2 aromatic rings. The van der Waals surface area contributed by atoms with Gasteiger partial charge in [0.2, 0.25) is 5.95 Å². The lowest BCUT2D eigenvalue weighted by Crippen LogP contribution is -2.40. The molecule has 2 heterocycles. The maximum atomic E-state index is 13.1. The molecule has 0 saturated carbocycles. The number of aromatic hydroxyl groups is 1. The van der Waals surface area contributed by atoms with E-state index in [1.54, 1.807) is 6.92 Å². The second-order valence-electron chi connectivity index (χ2n) is 5.98. The van der Waals surface area contributed by atoms with E-state index in [2.05, 4.69) is 32.4 Å². The molecular weight excluding hydrogens is 297 g/mol. The summed E-state index contributed by atoms with van der Waals surface area (Å²) in [6, 6.07) is 4.12. The summed E-state index contributed by atoms with van der Waals surface area (Å²) >= 11 is 0. The van der Waals surface area contributed by atoms with Crippen LogP contribution in [0.25, 0.3) is 11.3 Å². The second kappa shape index (κ2) is 6.45. The van der Waals surface area contributed by atoms with Crippen molar-refractivity contribution in [2.24, 2.45) is 0 Å². The van der Waals surface area contributed by atoms with Crippen LogP contribution < -0.4 is 5.32 Å². The number of halogens is 1. The summed E-state index contributed by atoms with van der Waals surface area (Å²) in [6.07, 6.45) is 2.22. The molecule has 23 heavy (non-hydrogen) atoms. The van der Waals surface area contributed by atoms with Crippen LogP contribution in [0.1, 0.15) is 18.5 Å². The lowest BCUT2D eigenvalue weighted by molar-refractivity contribution is 0.260. The van der Waals surface area contributed by atoms with Crippen LogP contribution in [0.4, 0.5) is 10.3 Å². The van der Waals surface area contributed by atoms with Gasteiger partial charge < -0.3 is 15.3 Å². The largest absolute Gasteiger partial charge is 0.507 e. The first-order valence-corrected chi connectivity index (χ1v) is 7.68. The predicted octanol–water partition coefficient (Wildman–Crippen LogP) is 2.20. The fraction of sp³-hybridized carbons (Fsp3) is 0.438. The summed E-state index contributed by atoms with van der Waals surface area (Å²) in [6.45, 7) is 3.85. The van der Waals surface area contributed by atoms with Gasteiger partial charge in [-0.2, -0.15) is 0 Å². The number of phenolic OH excluding ortho intramolecular Hbond substituents is 1. The maximum absolute atomic E-state index is 13.1. The van der Waals surface area contributed by atoms with Crippen LogP contribution in [0.15, 0.2) is 18.2 Å². The molecule has 0 aliphatic carbocycles. The van der Waals surface area contributed by atoms with E-state index in [9.17, 15) is 9.50 Å². The highest BCUT2D eigenvalue weighted by molar-refractivity contribution is 5.68. The molecule has 1 fully saturated rings. The fourth-order valence-corrected chi connectivity index (χ4v) is 2.89. The number of piperidine rings is 1. The van der Waals surface area contributed by atoms with Crippen molar-refractivity contribution in [3.63, 3.8) is 0 Å². The Morgan fingerprint density at radius 2 is 2.17 bits per heavy atom. The number of rotatable bonds is 3. The minimum atomic E-state index is -0.496. The van der Waals surface area contributed by atoms with E-state index in [-0.39, 0.29) is 5.75 Å². The molecule has 0 bridgehead atoms. The minimum Gasteiger partial charge on any atom is -0.507 e. The molecule has 0 radical (unpaired) electrons. The van der Waals surface area contributed by atoms with Crippen LogP contribution in [-0.2, 0) is 0 Å². The van der Waals surface area contributed by atoms with Crippen LogP contribution in [0.2, 0.25) is 0 Å². The van der Waals surface area contributed by atoms with Gasteiger partial charge in [-0.15, -0.1) is 10.2 Å². The van der Waals surface area contributed by atoms with Crippen molar-refractivity contribution in [1.82, 2.24) is 20.1 Å². The van der Waals surface area contributed by atoms with Crippen LogP contribution in [-0.4, -0.2) is 51.4 Å². The van der Waals surface area contributed by atoms with Gasteiger partial charge in [-0.25, -0.2) is 9.37 Å². The van der Waals surface area contributed by atoms with Gasteiger partial charge in [-0.05, 0) is 45.5 Å². The number of nitrogens with zero attached hydrogens (tertiary/aromatic N) is 4. The number of anilines is 1. The summed E-state index contributed by atoms with van der Waals surface area (Å²) in [7, 11) is 2.10. The van der Waals surface area contributed by atoms with Gasteiger partial charge in [0.1, 0.15) is 17.3 Å². The maximum Gasteiger partial charge on any atom is 0.243 e. The zero-order valence-corrected chi connectivity index (χ0v) is 13.3. The van der Waals surface area contributed by atoms with E-state index < -0.39 is 5.82 Å². The summed E-state index contributed by atoms with van der Waals surface area (Å²) in [5.74, 6) is -0.184. The molecule has 1 aromatic heterocycles. The van der Waals surface area contributed by atoms with Gasteiger partial charge in [0.05, 0.1) is 5.69 Å². The Hall–Kier alpha value is -2.28. The van der Waals surface area contributed by atoms with Crippen molar-refractivity contribution >= 4 is 5.95 Å². The Kier molecular flexibility index (Phi) is 4.38. The Labute approximate surface area is 134 Å². The molecule has 1 aromatic carbocycles. The average Bonchev–Trinajstić information content (AvgIpc) is 2.48. The zero-order valence-electron chi connectivity index (χ0n) is 13.3. The topological polar surface area (TPSA) is 74.2 Å². The minimum absolute atomic E-state index is 0.168. The summed E-state index contributed by atoms with van der Waals surface area (Å²) in [5.41, 5.74) is 1.51. The number of likely N-dealkylation sites (tertiary alicyclic amines) is 1. The normalized spacial score (nSPS) is 18.8. The third-order valence-electron chi connectivity index (χ3n) is 4.03. The lowest BCUT2D eigenvalue weighted by Gasteiger charge is -2.30. The van der Waals surface area contributed by atoms with Gasteiger partial charge in [0, 0.05) is 24.2 Å². The number of aryl methyl sites for hydroxylation is 1. The Morgan fingerprint density at radius 1 is 1.35 bits per heavy atom. The van der Waals surface area contributed by atoms with Crippen molar-refractivity contribution in [3.8, 4) is 17.0 Å². The number of aromatic nitrogens is 3. The molecule has 2 N–H and O–H groups in total. The van der Waals surface area contributed by atoms with E-state index in [1.807, 2.05) is 0 Å². The monoisotopic (exact) mass is 317 g/mol. The third kappa shape index (κ3) is 3.56. The van der Waals surface area contributed by atoms with E-state index in [4.69, 9.17) is 0 Å². The first-order chi connectivity index (χ1) is 11.0. The van der Waals surface area contributed by atoms with Crippen LogP contribution in [0, 0.1) is 12.7 Å². The van der Waals surface area contributed by atoms with Gasteiger partial charge in [0.15, 0.2) is 0 Å². The smallest absolute Gasteiger partial charge is 0.243 e. The Morgan fingerprint density at radius 3 is 2.87 bits per heavy atom. The standard InChI is InChI=1S/C16H20FN5O/c1-10-15(13-6-5-11(17)8-14(13)23)20-21-16(18-10)19-12-4-3-7-22(2)9-12/h5-6,8,12,23H,3-4,7,9H2,1-2H3,(H,18,19,21)/t12-/m1/s1. The summed E-state index contributed by atoms with van der Waals surface area (Å²) < 4.78 is 13.1. The Balaban J connectivity index is 1.80. The van der Waals surface area contributed by atoms with Gasteiger partial charge in [-0.1, -0.05) is 0 Å². The zero-order chi connectivity index (χ0) is 16.4. The van der Waals surface area contributed by atoms with Crippen molar-refractivity contribution in [2.75, 3.05) is 25.5 Å². The van der Waals surface area contributed by atoms with Gasteiger partial charge in [-0.3, -0.25) is 0 Å². The first-order valence-electron chi connectivity index (χ1n) is 7.68. The molecule has 122 valence electrons. The van der Waals surface area contributed by atoms with Gasteiger partial charge >= 0.3 is 0 Å². The van der Waals surface area contributed by atoms with Crippen LogP contribution in [0.3, 0.4) is 0 Å². The number of likely N-dealkylation sites (N-methyl/N-ethyl adjacent to an activating group) is 1. The molecule has 7 heteroatoms. The van der Waals surface area contributed by atoms with Gasteiger partial charge in [0.25, 0.3) is 0 Å². The number of hydrogen-bond donors (Lipinski definition) is 2. The molecule has 6 nitrogen and oxygen atoms in total. The molecule has 1 aliphatic rings. The predicted molar refractivity (Wildman–Crippen MR) is 85.8 cm³/mol. The Bertz CT molecular complexity index is 709.